The summed E-state index contributed by atoms with van der Waals surface area (Å²) >= 11 is 0. The summed E-state index contributed by atoms with van der Waals surface area (Å²) in [4.78, 5) is 0. The van der Waals surface area contributed by atoms with Gasteiger partial charge in [0.1, 0.15) is 5.76 Å². The summed E-state index contributed by atoms with van der Waals surface area (Å²) in [5.74, 6) is 0.859. The fraction of sp³-hybridized carbons (Fsp3) is 0.154. The Hall–Kier alpha value is -3.27. The topological polar surface area (TPSA) is 13.1 Å². The molecule has 0 atom stereocenters. The fourth-order valence-corrected chi connectivity index (χ4v) is 4.31. The van der Waals surface area contributed by atoms with Gasteiger partial charge in [-0.25, -0.2) is 0 Å². The van der Waals surface area contributed by atoms with E-state index in [1.165, 1.54) is 0 Å². The van der Waals surface area contributed by atoms with Gasteiger partial charge in [-0.05, 0) is 52.4 Å². The van der Waals surface area contributed by atoms with Crippen LogP contribution in [-0.2, 0) is 19.0 Å². The summed E-state index contributed by atoms with van der Waals surface area (Å²) in [6.07, 6.45) is 1.11. The molecule has 1 aromatic heterocycles. The number of benzene rings is 3. The third-order valence-electron chi connectivity index (χ3n) is 5.80. The minimum Gasteiger partial charge on any atom is -0.463 e. The number of hydrogen-bond donors (Lipinski definition) is 0. The van der Waals surface area contributed by atoms with Crippen LogP contribution in [0.1, 0.15) is 34.9 Å². The van der Waals surface area contributed by atoms with Crippen LogP contribution in [0.25, 0.3) is 33.5 Å². The molecule has 0 aliphatic heterocycles. The van der Waals surface area contributed by atoms with E-state index in [9.17, 15) is 13.2 Å². The smallest absolute Gasteiger partial charge is 0.416 e. The quantitative estimate of drug-likeness (QED) is 0.340. The third-order valence-corrected chi connectivity index (χ3v) is 5.80. The van der Waals surface area contributed by atoms with Gasteiger partial charge in [0.05, 0.1) is 11.8 Å². The molecule has 30 heavy (non-hydrogen) atoms. The van der Waals surface area contributed by atoms with Gasteiger partial charge >= 0.3 is 6.18 Å². The van der Waals surface area contributed by atoms with Gasteiger partial charge in [-0.3, -0.25) is 0 Å². The Morgan fingerprint density at radius 3 is 2.43 bits per heavy atom. The molecule has 1 aliphatic rings. The highest BCUT2D eigenvalue weighted by Gasteiger charge is 2.30. The molecule has 3 aromatic carbocycles. The minimum atomic E-state index is -4.34. The number of aryl methyl sites for hydroxylation is 1. The molecule has 1 nitrogen and oxygen atoms in total. The standard InChI is InChI=1S/C26H19F3O/c1-2-16-7-8-18-13-20(25-22-6-4-3-5-19(22)15-30-25)14-23(18)24(16)17-9-11-21(12-10-17)26(27,28)29/h3-12,14-15H,2,13H2,1H3. The lowest BCUT2D eigenvalue weighted by Crippen LogP contribution is -2.04. The van der Waals surface area contributed by atoms with E-state index in [1.807, 2.05) is 24.3 Å². The lowest BCUT2D eigenvalue weighted by molar-refractivity contribution is -0.137. The van der Waals surface area contributed by atoms with Gasteiger partial charge in [-0.2, -0.15) is 13.2 Å². The molecule has 150 valence electrons. The van der Waals surface area contributed by atoms with Crippen LogP contribution in [0.2, 0.25) is 0 Å². The van der Waals surface area contributed by atoms with Crippen LogP contribution >= 0.6 is 0 Å². The predicted molar refractivity (Wildman–Crippen MR) is 114 cm³/mol. The number of furan rings is 1. The van der Waals surface area contributed by atoms with Crippen LogP contribution in [0.4, 0.5) is 13.2 Å². The SMILES string of the molecule is CCc1ccc2c(c1-c1ccc(C(F)(F)F)cc1)C=C(c1occ3ccccc13)C2. The van der Waals surface area contributed by atoms with Gasteiger partial charge in [0.15, 0.2) is 0 Å². The molecule has 0 saturated carbocycles. The lowest BCUT2D eigenvalue weighted by Gasteiger charge is -2.14. The van der Waals surface area contributed by atoms with E-state index in [0.29, 0.717) is 0 Å². The summed E-state index contributed by atoms with van der Waals surface area (Å²) in [6.45, 7) is 2.06. The van der Waals surface area contributed by atoms with Gasteiger partial charge in [0.25, 0.3) is 0 Å². The Morgan fingerprint density at radius 2 is 1.70 bits per heavy atom. The number of alkyl halides is 3. The van der Waals surface area contributed by atoms with Crippen LogP contribution in [-0.4, -0.2) is 0 Å². The molecule has 1 aliphatic carbocycles. The zero-order chi connectivity index (χ0) is 20.9. The number of fused-ring (bicyclic) bond motifs is 2. The van der Waals surface area contributed by atoms with Crippen molar-refractivity contribution in [2.45, 2.75) is 25.9 Å². The molecule has 0 amide bonds. The Bertz CT molecular complexity index is 1270. The summed E-state index contributed by atoms with van der Waals surface area (Å²) in [6, 6.07) is 17.7. The number of halogens is 3. The van der Waals surface area contributed by atoms with Crippen molar-refractivity contribution in [3.63, 3.8) is 0 Å². The molecule has 0 N–H and O–H groups in total. The van der Waals surface area contributed by atoms with E-state index in [0.717, 1.165) is 74.9 Å². The van der Waals surface area contributed by atoms with Crippen LogP contribution in [0, 0.1) is 0 Å². The second-order valence-corrected chi connectivity index (χ2v) is 7.60. The van der Waals surface area contributed by atoms with E-state index in [2.05, 4.69) is 25.1 Å². The second kappa shape index (κ2) is 6.91. The average Bonchev–Trinajstić information content (AvgIpc) is 3.36. The van der Waals surface area contributed by atoms with Crippen LogP contribution in [0.3, 0.4) is 0 Å². The summed E-state index contributed by atoms with van der Waals surface area (Å²) in [5.41, 5.74) is 5.63. The van der Waals surface area contributed by atoms with Crippen molar-refractivity contribution in [2.75, 3.05) is 0 Å². The van der Waals surface area contributed by atoms with Gasteiger partial charge in [0, 0.05) is 22.8 Å². The first kappa shape index (κ1) is 18.7. The molecule has 1 heterocycles. The normalized spacial score (nSPS) is 13.5. The molecule has 0 saturated heterocycles. The van der Waals surface area contributed by atoms with Crippen LogP contribution in [0.15, 0.2) is 71.3 Å². The maximum atomic E-state index is 13.0. The predicted octanol–water partition coefficient (Wildman–Crippen LogP) is 7.78. The monoisotopic (exact) mass is 404 g/mol. The van der Waals surface area contributed by atoms with Gasteiger partial charge in [0.2, 0.25) is 0 Å². The van der Waals surface area contributed by atoms with Crippen molar-refractivity contribution < 1.29 is 17.6 Å². The van der Waals surface area contributed by atoms with Crippen molar-refractivity contribution in [2.24, 2.45) is 0 Å². The Morgan fingerprint density at radius 1 is 0.933 bits per heavy atom. The van der Waals surface area contributed by atoms with E-state index in [1.54, 1.807) is 18.4 Å². The minimum absolute atomic E-state index is 0.629. The van der Waals surface area contributed by atoms with E-state index in [-0.39, 0.29) is 0 Å². The second-order valence-electron chi connectivity index (χ2n) is 7.60. The van der Waals surface area contributed by atoms with Gasteiger partial charge in [-0.1, -0.05) is 55.5 Å². The summed E-state index contributed by atoms with van der Waals surface area (Å²) < 4.78 is 44.9. The first-order chi connectivity index (χ1) is 14.5. The fourth-order valence-electron chi connectivity index (χ4n) is 4.31. The molecular weight excluding hydrogens is 385 g/mol. The zero-order valence-corrected chi connectivity index (χ0v) is 16.4. The van der Waals surface area contributed by atoms with E-state index < -0.39 is 11.7 Å². The van der Waals surface area contributed by atoms with Gasteiger partial charge in [-0.15, -0.1) is 0 Å². The van der Waals surface area contributed by atoms with Crippen LogP contribution in [0.5, 0.6) is 0 Å². The molecule has 4 heteroatoms. The highest BCUT2D eigenvalue weighted by molar-refractivity contribution is 6.00. The van der Waals surface area contributed by atoms with Crippen molar-refractivity contribution >= 4 is 22.4 Å². The molecule has 0 radical (unpaired) electrons. The highest BCUT2D eigenvalue weighted by atomic mass is 19.4. The molecular formula is C26H19F3O. The van der Waals surface area contributed by atoms with Crippen molar-refractivity contribution in [1.82, 2.24) is 0 Å². The number of rotatable bonds is 3. The Balaban J connectivity index is 1.64. The molecule has 0 bridgehead atoms. The first-order valence-electron chi connectivity index (χ1n) is 9.95. The van der Waals surface area contributed by atoms with Crippen LogP contribution < -0.4 is 0 Å². The molecule has 5 rings (SSSR count). The zero-order valence-electron chi connectivity index (χ0n) is 16.4. The third kappa shape index (κ3) is 3.04. The largest absolute Gasteiger partial charge is 0.463 e. The van der Waals surface area contributed by atoms with E-state index in [4.69, 9.17) is 4.42 Å². The molecule has 4 aromatic rings. The first-order valence-corrected chi connectivity index (χ1v) is 9.95. The molecule has 0 spiro atoms. The Labute approximate surface area is 172 Å². The van der Waals surface area contributed by atoms with Crippen molar-refractivity contribution in [3.05, 3.63) is 94.9 Å². The maximum absolute atomic E-state index is 13.0. The Kier molecular flexibility index (Phi) is 4.31. The summed E-state index contributed by atoms with van der Waals surface area (Å²) in [5, 5.41) is 2.13. The summed E-state index contributed by atoms with van der Waals surface area (Å²) in [7, 11) is 0. The maximum Gasteiger partial charge on any atom is 0.416 e. The molecule has 0 fully saturated rings. The number of hydrogen-bond acceptors (Lipinski definition) is 1. The number of allylic oxidation sites excluding steroid dienone is 1. The van der Waals surface area contributed by atoms with E-state index >= 15 is 0 Å². The lowest BCUT2D eigenvalue weighted by atomic mass is 9.90. The highest BCUT2D eigenvalue weighted by Crippen LogP contribution is 2.42. The average molecular weight is 404 g/mol. The van der Waals surface area contributed by atoms with Crippen molar-refractivity contribution in [3.8, 4) is 11.1 Å². The van der Waals surface area contributed by atoms with Gasteiger partial charge < -0.3 is 4.42 Å². The van der Waals surface area contributed by atoms with Crippen molar-refractivity contribution in [1.29, 1.82) is 0 Å². The molecule has 0 unspecified atom stereocenters.